The van der Waals surface area contributed by atoms with Crippen LogP contribution in [0.25, 0.3) is 0 Å². The molecule has 2 nitrogen and oxygen atoms in total. The average Bonchev–Trinajstić information content (AvgIpc) is 2.31. The highest BCUT2D eigenvalue weighted by atomic mass is 32.2. The van der Waals surface area contributed by atoms with Gasteiger partial charge in [0, 0.05) is 17.2 Å². The molecule has 0 amide bonds. The lowest BCUT2D eigenvalue weighted by Gasteiger charge is -2.23. The Balaban J connectivity index is 2.20. The van der Waals surface area contributed by atoms with Crippen LogP contribution < -0.4 is 5.73 Å². The van der Waals surface area contributed by atoms with Gasteiger partial charge >= 0.3 is 0 Å². The van der Waals surface area contributed by atoms with E-state index in [-0.39, 0.29) is 6.10 Å². The van der Waals surface area contributed by atoms with Crippen LogP contribution in [0.15, 0.2) is 23.1 Å². The van der Waals surface area contributed by atoms with Crippen LogP contribution in [0.5, 0.6) is 0 Å². The third-order valence-electron chi connectivity index (χ3n) is 2.81. The van der Waals surface area contributed by atoms with Crippen molar-refractivity contribution >= 4 is 17.4 Å². The molecule has 15 heavy (non-hydrogen) atoms. The summed E-state index contributed by atoms with van der Waals surface area (Å²) in [6, 6.07) is 6.24. The SMILES string of the molecule is CSc1cc(C2CCCCO2)ccc1N. The van der Waals surface area contributed by atoms with Crippen molar-refractivity contribution in [3.8, 4) is 0 Å². The van der Waals surface area contributed by atoms with Gasteiger partial charge in [-0.1, -0.05) is 6.07 Å². The van der Waals surface area contributed by atoms with E-state index in [0.717, 1.165) is 23.6 Å². The second-order valence-corrected chi connectivity index (χ2v) is 4.70. The molecular formula is C12H17NOS. The van der Waals surface area contributed by atoms with Gasteiger partial charge < -0.3 is 10.5 Å². The Morgan fingerprint density at radius 1 is 1.40 bits per heavy atom. The predicted molar refractivity (Wildman–Crippen MR) is 65.2 cm³/mol. The second kappa shape index (κ2) is 4.90. The van der Waals surface area contributed by atoms with Crippen molar-refractivity contribution in [3.63, 3.8) is 0 Å². The zero-order chi connectivity index (χ0) is 10.7. The van der Waals surface area contributed by atoms with Crippen LogP contribution in [-0.4, -0.2) is 12.9 Å². The summed E-state index contributed by atoms with van der Waals surface area (Å²) < 4.78 is 5.75. The number of rotatable bonds is 2. The Morgan fingerprint density at radius 3 is 2.93 bits per heavy atom. The van der Waals surface area contributed by atoms with Crippen LogP contribution in [0.1, 0.15) is 30.9 Å². The molecule has 0 saturated carbocycles. The molecule has 1 aromatic carbocycles. The standard InChI is InChI=1S/C12H17NOS/c1-15-12-8-9(5-6-10(12)13)11-4-2-3-7-14-11/h5-6,8,11H,2-4,7,13H2,1H3. The molecule has 1 unspecified atom stereocenters. The summed E-state index contributed by atoms with van der Waals surface area (Å²) in [4.78, 5) is 1.15. The molecule has 0 spiro atoms. The number of hydrogen-bond acceptors (Lipinski definition) is 3. The fraction of sp³-hybridized carbons (Fsp3) is 0.500. The van der Waals surface area contributed by atoms with E-state index >= 15 is 0 Å². The lowest BCUT2D eigenvalue weighted by molar-refractivity contribution is 0.0148. The summed E-state index contributed by atoms with van der Waals surface area (Å²) in [7, 11) is 0. The van der Waals surface area contributed by atoms with E-state index in [1.54, 1.807) is 11.8 Å². The molecule has 0 bridgehead atoms. The van der Waals surface area contributed by atoms with Gasteiger partial charge in [-0.3, -0.25) is 0 Å². The largest absolute Gasteiger partial charge is 0.398 e. The van der Waals surface area contributed by atoms with Crippen molar-refractivity contribution < 1.29 is 4.74 Å². The lowest BCUT2D eigenvalue weighted by Crippen LogP contribution is -2.11. The first-order chi connectivity index (χ1) is 7.31. The van der Waals surface area contributed by atoms with Crippen molar-refractivity contribution in [1.82, 2.24) is 0 Å². The molecule has 1 aliphatic heterocycles. The van der Waals surface area contributed by atoms with Gasteiger partial charge in [-0.05, 0) is 43.2 Å². The number of thioether (sulfide) groups is 1. The van der Waals surface area contributed by atoms with E-state index < -0.39 is 0 Å². The van der Waals surface area contributed by atoms with E-state index in [4.69, 9.17) is 10.5 Å². The molecule has 82 valence electrons. The molecule has 1 heterocycles. The number of anilines is 1. The average molecular weight is 223 g/mol. The maximum Gasteiger partial charge on any atom is 0.0825 e. The molecule has 1 saturated heterocycles. The van der Waals surface area contributed by atoms with E-state index in [1.807, 2.05) is 6.07 Å². The van der Waals surface area contributed by atoms with Crippen LogP contribution in [0.4, 0.5) is 5.69 Å². The zero-order valence-corrected chi connectivity index (χ0v) is 9.85. The molecule has 0 aromatic heterocycles. The van der Waals surface area contributed by atoms with Crippen molar-refractivity contribution in [2.75, 3.05) is 18.6 Å². The highest BCUT2D eigenvalue weighted by molar-refractivity contribution is 7.98. The van der Waals surface area contributed by atoms with Crippen LogP contribution in [0.2, 0.25) is 0 Å². The van der Waals surface area contributed by atoms with E-state index in [1.165, 1.54) is 18.4 Å². The number of ether oxygens (including phenoxy) is 1. The molecule has 2 N–H and O–H groups in total. The van der Waals surface area contributed by atoms with Gasteiger partial charge in [0.2, 0.25) is 0 Å². The minimum Gasteiger partial charge on any atom is -0.398 e. The summed E-state index contributed by atoms with van der Waals surface area (Å²) in [5, 5.41) is 0. The second-order valence-electron chi connectivity index (χ2n) is 3.86. The van der Waals surface area contributed by atoms with E-state index in [0.29, 0.717) is 0 Å². The number of nitrogen functional groups attached to an aromatic ring is 1. The Morgan fingerprint density at radius 2 is 2.27 bits per heavy atom. The molecular weight excluding hydrogens is 206 g/mol. The summed E-state index contributed by atoms with van der Waals surface area (Å²) in [6.07, 6.45) is 5.93. The molecule has 2 rings (SSSR count). The number of hydrogen-bond donors (Lipinski definition) is 1. The summed E-state index contributed by atoms with van der Waals surface area (Å²) in [5.74, 6) is 0. The minimum atomic E-state index is 0.283. The monoisotopic (exact) mass is 223 g/mol. The summed E-state index contributed by atoms with van der Waals surface area (Å²) in [5.41, 5.74) is 8.00. The maximum atomic E-state index is 5.87. The van der Waals surface area contributed by atoms with Crippen molar-refractivity contribution in [2.45, 2.75) is 30.3 Å². The lowest BCUT2D eigenvalue weighted by atomic mass is 10.0. The fourth-order valence-corrected chi connectivity index (χ4v) is 2.49. The Kier molecular flexibility index (Phi) is 3.54. The number of nitrogens with two attached hydrogens (primary N) is 1. The first-order valence-electron chi connectivity index (χ1n) is 5.36. The Bertz CT molecular complexity index is 334. The molecule has 1 atom stereocenters. The predicted octanol–water partition coefficient (Wildman–Crippen LogP) is 3.23. The van der Waals surface area contributed by atoms with Crippen molar-refractivity contribution in [1.29, 1.82) is 0 Å². The maximum absolute atomic E-state index is 5.87. The van der Waals surface area contributed by atoms with Gasteiger partial charge in [0.25, 0.3) is 0 Å². The van der Waals surface area contributed by atoms with E-state index in [9.17, 15) is 0 Å². The number of benzene rings is 1. The van der Waals surface area contributed by atoms with Gasteiger partial charge in [0.15, 0.2) is 0 Å². The van der Waals surface area contributed by atoms with Crippen LogP contribution in [0, 0.1) is 0 Å². The van der Waals surface area contributed by atoms with Gasteiger partial charge in [-0.15, -0.1) is 11.8 Å². The normalized spacial score (nSPS) is 21.5. The molecule has 1 aliphatic rings. The molecule has 0 aliphatic carbocycles. The smallest absolute Gasteiger partial charge is 0.0825 e. The van der Waals surface area contributed by atoms with Crippen LogP contribution in [0.3, 0.4) is 0 Å². The molecule has 0 radical (unpaired) electrons. The zero-order valence-electron chi connectivity index (χ0n) is 9.03. The van der Waals surface area contributed by atoms with Gasteiger partial charge in [0.1, 0.15) is 0 Å². The van der Waals surface area contributed by atoms with E-state index in [2.05, 4.69) is 18.4 Å². The highest BCUT2D eigenvalue weighted by Gasteiger charge is 2.16. The quantitative estimate of drug-likeness (QED) is 0.617. The first kappa shape index (κ1) is 10.8. The van der Waals surface area contributed by atoms with Gasteiger partial charge in [-0.2, -0.15) is 0 Å². The van der Waals surface area contributed by atoms with Crippen LogP contribution in [-0.2, 0) is 4.74 Å². The Labute approximate surface area is 95.2 Å². The third kappa shape index (κ3) is 2.47. The summed E-state index contributed by atoms with van der Waals surface area (Å²) >= 11 is 1.69. The Hall–Kier alpha value is -0.670. The topological polar surface area (TPSA) is 35.2 Å². The van der Waals surface area contributed by atoms with Gasteiger partial charge in [-0.25, -0.2) is 0 Å². The van der Waals surface area contributed by atoms with Gasteiger partial charge in [0.05, 0.1) is 6.10 Å². The summed E-state index contributed by atoms with van der Waals surface area (Å²) in [6.45, 7) is 0.893. The molecule has 1 aromatic rings. The minimum absolute atomic E-state index is 0.283. The molecule has 1 fully saturated rings. The fourth-order valence-electron chi connectivity index (χ4n) is 1.93. The first-order valence-corrected chi connectivity index (χ1v) is 6.59. The highest BCUT2D eigenvalue weighted by Crippen LogP contribution is 2.32. The third-order valence-corrected chi connectivity index (χ3v) is 3.60. The van der Waals surface area contributed by atoms with Crippen LogP contribution >= 0.6 is 11.8 Å². The molecule has 3 heteroatoms. The van der Waals surface area contributed by atoms with Crippen molar-refractivity contribution in [3.05, 3.63) is 23.8 Å². The van der Waals surface area contributed by atoms with Crippen molar-refractivity contribution in [2.24, 2.45) is 0 Å².